The van der Waals surface area contributed by atoms with E-state index in [1.54, 1.807) is 24.4 Å². The van der Waals surface area contributed by atoms with Gasteiger partial charge in [-0.2, -0.15) is 0 Å². The fourth-order valence-corrected chi connectivity index (χ4v) is 2.75. The minimum Gasteiger partial charge on any atom is -0.353 e. The van der Waals surface area contributed by atoms with Crippen LogP contribution in [0.3, 0.4) is 0 Å². The third-order valence-corrected chi connectivity index (χ3v) is 4.44. The molecule has 0 aliphatic carbocycles. The van der Waals surface area contributed by atoms with Gasteiger partial charge in [0.15, 0.2) is 0 Å². The Balaban J connectivity index is 1.68. The first-order valence-electron chi connectivity index (χ1n) is 7.55. The summed E-state index contributed by atoms with van der Waals surface area (Å²) >= 11 is 12.0. The van der Waals surface area contributed by atoms with Crippen LogP contribution in [0.15, 0.2) is 30.6 Å². The van der Waals surface area contributed by atoms with Crippen molar-refractivity contribution in [2.24, 2.45) is 0 Å². The molecule has 0 atom stereocenters. The van der Waals surface area contributed by atoms with Crippen molar-refractivity contribution in [3.05, 3.63) is 46.3 Å². The largest absolute Gasteiger partial charge is 0.353 e. The van der Waals surface area contributed by atoms with E-state index in [2.05, 4.69) is 32.1 Å². The first-order valence-corrected chi connectivity index (χ1v) is 8.30. The lowest BCUT2D eigenvalue weighted by atomic mass is 10.3. The maximum Gasteiger partial charge on any atom is 0.275 e. The fourth-order valence-electron chi connectivity index (χ4n) is 2.42. The van der Waals surface area contributed by atoms with Gasteiger partial charge in [0.2, 0.25) is 0 Å². The van der Waals surface area contributed by atoms with Crippen LogP contribution in [-0.4, -0.2) is 54.0 Å². The number of hydrogen-bond donors (Lipinski definition) is 1. The minimum absolute atomic E-state index is 0.226. The topological polar surface area (TPSA) is 61.4 Å². The molecule has 1 N–H and O–H groups in total. The number of halogens is 2. The summed E-state index contributed by atoms with van der Waals surface area (Å²) in [5.41, 5.74) is 0.669. The van der Waals surface area contributed by atoms with Crippen LogP contribution in [0.2, 0.25) is 10.0 Å². The van der Waals surface area contributed by atoms with Crippen LogP contribution in [0.25, 0.3) is 0 Å². The number of likely N-dealkylation sites (N-methyl/N-ethyl adjacent to an activating group) is 1. The fraction of sp³-hybridized carbons (Fsp3) is 0.312. The lowest BCUT2D eigenvalue weighted by molar-refractivity contribution is 0.102. The summed E-state index contributed by atoms with van der Waals surface area (Å²) in [6, 6.07) is 4.87. The van der Waals surface area contributed by atoms with E-state index >= 15 is 0 Å². The number of anilines is 2. The van der Waals surface area contributed by atoms with E-state index in [0.717, 1.165) is 32.0 Å². The molecular formula is C16H17Cl2N5O. The van der Waals surface area contributed by atoms with Gasteiger partial charge in [-0.3, -0.25) is 4.79 Å². The van der Waals surface area contributed by atoms with Crippen LogP contribution < -0.4 is 10.2 Å². The summed E-state index contributed by atoms with van der Waals surface area (Å²) in [4.78, 5) is 25.3. The number of amides is 1. The van der Waals surface area contributed by atoms with Crippen LogP contribution in [0.5, 0.6) is 0 Å². The van der Waals surface area contributed by atoms with Gasteiger partial charge in [-0.05, 0) is 25.2 Å². The molecule has 8 heteroatoms. The molecule has 1 saturated heterocycles. The molecule has 1 fully saturated rings. The van der Waals surface area contributed by atoms with E-state index in [1.165, 1.54) is 6.20 Å². The lowest BCUT2D eigenvalue weighted by Crippen LogP contribution is -2.44. The molecule has 0 spiro atoms. The summed E-state index contributed by atoms with van der Waals surface area (Å²) in [5, 5.41) is 3.60. The number of benzene rings is 1. The Morgan fingerprint density at radius 3 is 2.54 bits per heavy atom. The molecule has 0 bridgehead atoms. The molecule has 1 aliphatic rings. The molecule has 2 aromatic rings. The van der Waals surface area contributed by atoms with Crippen molar-refractivity contribution in [1.29, 1.82) is 0 Å². The van der Waals surface area contributed by atoms with E-state index in [4.69, 9.17) is 23.2 Å². The predicted octanol–water partition coefficient (Wildman–Crippen LogP) is 2.79. The molecule has 24 heavy (non-hydrogen) atoms. The Labute approximate surface area is 150 Å². The molecule has 2 heterocycles. The van der Waals surface area contributed by atoms with Gasteiger partial charge in [-0.15, -0.1) is 0 Å². The second-order valence-corrected chi connectivity index (χ2v) is 6.47. The van der Waals surface area contributed by atoms with E-state index in [-0.39, 0.29) is 11.6 Å². The van der Waals surface area contributed by atoms with Gasteiger partial charge in [-0.1, -0.05) is 23.2 Å². The number of rotatable bonds is 3. The van der Waals surface area contributed by atoms with E-state index in [9.17, 15) is 4.79 Å². The van der Waals surface area contributed by atoms with Crippen LogP contribution in [0.1, 0.15) is 10.5 Å². The highest BCUT2D eigenvalue weighted by molar-refractivity contribution is 6.35. The van der Waals surface area contributed by atoms with Crippen LogP contribution >= 0.6 is 23.2 Å². The molecule has 1 aromatic heterocycles. The molecule has 0 saturated carbocycles. The first kappa shape index (κ1) is 17.0. The Morgan fingerprint density at radius 2 is 1.88 bits per heavy atom. The van der Waals surface area contributed by atoms with Crippen LogP contribution in [0, 0.1) is 0 Å². The van der Waals surface area contributed by atoms with Gasteiger partial charge in [0.25, 0.3) is 5.91 Å². The second kappa shape index (κ2) is 7.34. The summed E-state index contributed by atoms with van der Waals surface area (Å²) in [6.45, 7) is 3.76. The van der Waals surface area contributed by atoms with Crippen molar-refractivity contribution in [2.45, 2.75) is 0 Å². The zero-order valence-electron chi connectivity index (χ0n) is 13.2. The monoisotopic (exact) mass is 365 g/mol. The molecule has 0 radical (unpaired) electrons. The number of nitrogens with one attached hydrogen (secondary N) is 1. The molecule has 6 nitrogen and oxygen atoms in total. The molecule has 0 unspecified atom stereocenters. The van der Waals surface area contributed by atoms with Crippen molar-refractivity contribution >= 4 is 40.6 Å². The van der Waals surface area contributed by atoms with Gasteiger partial charge < -0.3 is 15.1 Å². The quantitative estimate of drug-likeness (QED) is 0.905. The average Bonchev–Trinajstić information content (AvgIpc) is 2.59. The van der Waals surface area contributed by atoms with Gasteiger partial charge in [0.1, 0.15) is 11.5 Å². The first-order chi connectivity index (χ1) is 11.5. The van der Waals surface area contributed by atoms with Gasteiger partial charge in [0, 0.05) is 31.2 Å². The molecule has 1 amide bonds. The number of carbonyl (C=O) groups is 1. The zero-order chi connectivity index (χ0) is 17.1. The number of nitrogens with zero attached hydrogens (tertiary/aromatic N) is 4. The van der Waals surface area contributed by atoms with Crippen LogP contribution in [0.4, 0.5) is 11.5 Å². The van der Waals surface area contributed by atoms with Crippen molar-refractivity contribution in [3.63, 3.8) is 0 Å². The minimum atomic E-state index is -0.378. The average molecular weight is 366 g/mol. The van der Waals surface area contributed by atoms with Crippen molar-refractivity contribution in [3.8, 4) is 0 Å². The third kappa shape index (κ3) is 3.95. The second-order valence-electron chi connectivity index (χ2n) is 5.63. The Hall–Kier alpha value is -1.89. The van der Waals surface area contributed by atoms with E-state index in [1.807, 2.05) is 0 Å². The van der Waals surface area contributed by atoms with Crippen LogP contribution in [-0.2, 0) is 0 Å². The van der Waals surface area contributed by atoms with Crippen molar-refractivity contribution < 1.29 is 4.79 Å². The van der Waals surface area contributed by atoms with Crippen molar-refractivity contribution in [2.75, 3.05) is 43.4 Å². The van der Waals surface area contributed by atoms with Crippen molar-refractivity contribution in [1.82, 2.24) is 14.9 Å². The molecule has 1 aromatic carbocycles. The summed E-state index contributed by atoms with van der Waals surface area (Å²) in [6.07, 6.45) is 3.10. The Morgan fingerprint density at radius 1 is 1.12 bits per heavy atom. The SMILES string of the molecule is CN1CCN(c2cnc(C(=O)Nc3cc(Cl)ccc3Cl)cn2)CC1. The highest BCUT2D eigenvalue weighted by Crippen LogP contribution is 2.25. The Kier molecular flexibility index (Phi) is 5.18. The molecule has 1 aliphatic heterocycles. The highest BCUT2D eigenvalue weighted by Gasteiger charge is 2.17. The summed E-state index contributed by atoms with van der Waals surface area (Å²) < 4.78 is 0. The molecule has 126 valence electrons. The molecular weight excluding hydrogens is 349 g/mol. The third-order valence-electron chi connectivity index (χ3n) is 3.87. The summed E-state index contributed by atoms with van der Waals surface area (Å²) in [7, 11) is 2.09. The predicted molar refractivity (Wildman–Crippen MR) is 96.2 cm³/mol. The number of carbonyl (C=O) groups excluding carboxylic acids is 1. The highest BCUT2D eigenvalue weighted by atomic mass is 35.5. The maximum absolute atomic E-state index is 12.3. The smallest absolute Gasteiger partial charge is 0.275 e. The molecule has 3 rings (SSSR count). The standard InChI is InChI=1S/C16H17Cl2N5O/c1-22-4-6-23(7-5-22)15-10-19-14(9-20-15)16(24)21-13-8-11(17)2-3-12(13)18/h2-3,8-10H,4-7H2,1H3,(H,21,24). The van der Waals surface area contributed by atoms with E-state index in [0.29, 0.717) is 15.7 Å². The van der Waals surface area contributed by atoms with Gasteiger partial charge in [0.05, 0.1) is 23.1 Å². The number of aromatic nitrogens is 2. The van der Waals surface area contributed by atoms with Gasteiger partial charge >= 0.3 is 0 Å². The Bertz CT molecular complexity index is 730. The number of piperazine rings is 1. The summed E-state index contributed by atoms with van der Waals surface area (Å²) in [5.74, 6) is 0.400. The van der Waals surface area contributed by atoms with E-state index < -0.39 is 0 Å². The lowest BCUT2D eigenvalue weighted by Gasteiger charge is -2.32. The normalized spacial score (nSPS) is 15.4. The van der Waals surface area contributed by atoms with Gasteiger partial charge in [-0.25, -0.2) is 9.97 Å². The zero-order valence-corrected chi connectivity index (χ0v) is 14.7. The number of hydrogen-bond acceptors (Lipinski definition) is 5. The maximum atomic E-state index is 12.3.